The van der Waals surface area contributed by atoms with Crippen LogP contribution in [-0.2, 0) is 12.8 Å². The third-order valence-corrected chi connectivity index (χ3v) is 6.44. The third kappa shape index (κ3) is 2.65. The Morgan fingerprint density at radius 2 is 1.77 bits per heavy atom. The molecule has 3 aliphatic rings. The predicted octanol–water partition coefficient (Wildman–Crippen LogP) is 2.43. The van der Waals surface area contributed by atoms with E-state index in [2.05, 4.69) is 22.3 Å². The molecule has 0 unspecified atom stereocenters. The van der Waals surface area contributed by atoms with Gasteiger partial charge in [0.05, 0.1) is 5.69 Å². The maximum absolute atomic E-state index is 13.3. The van der Waals surface area contributed by atoms with Gasteiger partial charge in [0.25, 0.3) is 5.91 Å². The zero-order valence-electron chi connectivity index (χ0n) is 15.2. The molecule has 2 fully saturated rings. The van der Waals surface area contributed by atoms with Crippen LogP contribution in [0.5, 0.6) is 0 Å². The summed E-state index contributed by atoms with van der Waals surface area (Å²) in [6, 6.07) is 10.2. The molecule has 0 bridgehead atoms. The first-order chi connectivity index (χ1) is 12.8. The van der Waals surface area contributed by atoms with E-state index in [1.165, 1.54) is 11.3 Å². The topological polar surface area (TPSA) is 50.2 Å². The quantitative estimate of drug-likeness (QED) is 0.905. The van der Waals surface area contributed by atoms with Crippen molar-refractivity contribution in [1.29, 1.82) is 0 Å². The average Bonchev–Trinajstić information content (AvgIpc) is 3.36. The number of carbonyl (C=O) groups is 1. The number of aromatic nitrogens is 2. The standard InChI is InChI=1S/C21H26N4O/c26-21(24-11-9-15-13-22-14-16(15)10-12-24)20-18-7-4-8-19(18)25(23-20)17-5-2-1-3-6-17/h1-3,5-6,15-16,22H,4,7-14H2/t15-,16+. The smallest absolute Gasteiger partial charge is 0.274 e. The number of nitrogens with one attached hydrogen (secondary N) is 1. The van der Waals surface area contributed by atoms with Crippen molar-refractivity contribution in [3.63, 3.8) is 0 Å². The molecular formula is C21H26N4O. The van der Waals surface area contributed by atoms with Gasteiger partial charge in [0.2, 0.25) is 0 Å². The largest absolute Gasteiger partial charge is 0.337 e. The first kappa shape index (κ1) is 16.1. The fourth-order valence-electron chi connectivity index (χ4n) is 4.96. The molecule has 5 heteroatoms. The van der Waals surface area contributed by atoms with E-state index in [0.29, 0.717) is 5.69 Å². The Balaban J connectivity index is 1.44. The summed E-state index contributed by atoms with van der Waals surface area (Å²) in [6.45, 7) is 3.97. The van der Waals surface area contributed by atoms with Crippen LogP contribution in [0.15, 0.2) is 30.3 Å². The molecule has 3 heterocycles. The van der Waals surface area contributed by atoms with Crippen LogP contribution in [0.4, 0.5) is 0 Å². The minimum Gasteiger partial charge on any atom is -0.337 e. The van der Waals surface area contributed by atoms with Gasteiger partial charge in [0.15, 0.2) is 5.69 Å². The monoisotopic (exact) mass is 350 g/mol. The van der Waals surface area contributed by atoms with Gasteiger partial charge in [-0.25, -0.2) is 4.68 Å². The van der Waals surface area contributed by atoms with Gasteiger partial charge in [-0.15, -0.1) is 0 Å². The molecule has 26 heavy (non-hydrogen) atoms. The van der Waals surface area contributed by atoms with Gasteiger partial charge in [-0.3, -0.25) is 4.79 Å². The molecule has 1 N–H and O–H groups in total. The van der Waals surface area contributed by atoms with E-state index in [-0.39, 0.29) is 5.91 Å². The number of rotatable bonds is 2. The fourth-order valence-corrected chi connectivity index (χ4v) is 4.96. The average molecular weight is 350 g/mol. The Kier molecular flexibility index (Phi) is 4.04. The molecule has 1 aromatic heterocycles. The van der Waals surface area contributed by atoms with Crippen LogP contribution < -0.4 is 5.32 Å². The molecule has 5 nitrogen and oxygen atoms in total. The second-order valence-electron chi connectivity index (χ2n) is 7.92. The van der Waals surface area contributed by atoms with E-state index < -0.39 is 0 Å². The summed E-state index contributed by atoms with van der Waals surface area (Å²) in [7, 11) is 0. The minimum absolute atomic E-state index is 0.144. The molecule has 0 spiro atoms. The van der Waals surface area contributed by atoms with Crippen molar-refractivity contribution in [2.75, 3.05) is 26.2 Å². The SMILES string of the molecule is O=C(c1nn(-c2ccccc2)c2c1CCC2)N1CC[C@@H]2CNC[C@@H]2CC1. The van der Waals surface area contributed by atoms with Crippen LogP contribution in [-0.4, -0.2) is 46.8 Å². The lowest BCUT2D eigenvalue weighted by atomic mass is 9.92. The highest BCUT2D eigenvalue weighted by molar-refractivity contribution is 5.94. The lowest BCUT2D eigenvalue weighted by Crippen LogP contribution is -2.33. The number of carbonyl (C=O) groups excluding carboxylic acids is 1. The summed E-state index contributed by atoms with van der Waals surface area (Å²) in [4.78, 5) is 15.4. The summed E-state index contributed by atoms with van der Waals surface area (Å²) in [6.07, 6.45) is 5.35. The minimum atomic E-state index is 0.144. The van der Waals surface area contributed by atoms with Gasteiger partial charge in [0, 0.05) is 24.3 Å². The maximum atomic E-state index is 13.3. The van der Waals surface area contributed by atoms with E-state index >= 15 is 0 Å². The van der Waals surface area contributed by atoms with Crippen molar-refractivity contribution < 1.29 is 4.79 Å². The van der Waals surface area contributed by atoms with Crippen LogP contribution in [0, 0.1) is 11.8 Å². The van der Waals surface area contributed by atoms with Gasteiger partial charge in [-0.05, 0) is 69.2 Å². The van der Waals surface area contributed by atoms with E-state index in [4.69, 9.17) is 5.10 Å². The zero-order valence-corrected chi connectivity index (χ0v) is 15.2. The molecule has 2 atom stereocenters. The third-order valence-electron chi connectivity index (χ3n) is 6.44. The summed E-state index contributed by atoms with van der Waals surface area (Å²) < 4.78 is 2.01. The number of hydrogen-bond acceptors (Lipinski definition) is 3. The van der Waals surface area contributed by atoms with Crippen molar-refractivity contribution in [2.24, 2.45) is 11.8 Å². The molecule has 0 saturated carbocycles. The number of para-hydroxylation sites is 1. The van der Waals surface area contributed by atoms with Gasteiger partial charge < -0.3 is 10.2 Å². The second kappa shape index (κ2) is 6.54. The number of nitrogens with zero attached hydrogens (tertiary/aromatic N) is 3. The zero-order chi connectivity index (χ0) is 17.5. The van der Waals surface area contributed by atoms with Crippen molar-refractivity contribution in [3.8, 4) is 5.69 Å². The Morgan fingerprint density at radius 3 is 2.50 bits per heavy atom. The van der Waals surface area contributed by atoms with E-state index in [1.807, 2.05) is 22.9 Å². The van der Waals surface area contributed by atoms with Crippen LogP contribution in [0.2, 0.25) is 0 Å². The molecular weight excluding hydrogens is 324 g/mol. The molecule has 2 aromatic rings. The van der Waals surface area contributed by atoms with Crippen LogP contribution in [0.25, 0.3) is 5.69 Å². The first-order valence-electron chi connectivity index (χ1n) is 9.97. The summed E-state index contributed by atoms with van der Waals surface area (Å²) in [5.74, 6) is 1.62. The first-order valence-corrected chi connectivity index (χ1v) is 9.97. The van der Waals surface area contributed by atoms with Crippen molar-refractivity contribution >= 4 is 5.91 Å². The van der Waals surface area contributed by atoms with Gasteiger partial charge in [0.1, 0.15) is 0 Å². The van der Waals surface area contributed by atoms with Crippen LogP contribution >= 0.6 is 0 Å². The molecule has 136 valence electrons. The molecule has 2 saturated heterocycles. The second-order valence-corrected chi connectivity index (χ2v) is 7.92. The Bertz CT molecular complexity index is 799. The molecule has 1 aliphatic carbocycles. The lowest BCUT2D eigenvalue weighted by molar-refractivity contribution is 0.0751. The number of likely N-dealkylation sites (tertiary alicyclic amines) is 1. The highest BCUT2D eigenvalue weighted by atomic mass is 16.2. The summed E-state index contributed by atoms with van der Waals surface area (Å²) in [5, 5.41) is 8.30. The normalized spacial score (nSPS) is 25.0. The molecule has 1 aromatic carbocycles. The Labute approximate surface area is 154 Å². The van der Waals surface area contributed by atoms with E-state index in [1.54, 1.807) is 0 Å². The predicted molar refractivity (Wildman–Crippen MR) is 101 cm³/mol. The number of amides is 1. The maximum Gasteiger partial charge on any atom is 0.274 e. The number of benzene rings is 1. The van der Waals surface area contributed by atoms with Gasteiger partial charge in [-0.2, -0.15) is 5.10 Å². The van der Waals surface area contributed by atoms with Crippen molar-refractivity contribution in [3.05, 3.63) is 47.3 Å². The Hall–Kier alpha value is -2.14. The Morgan fingerprint density at radius 1 is 1.04 bits per heavy atom. The summed E-state index contributed by atoms with van der Waals surface area (Å²) in [5.41, 5.74) is 4.17. The lowest BCUT2D eigenvalue weighted by Gasteiger charge is -2.20. The van der Waals surface area contributed by atoms with Gasteiger partial charge in [-0.1, -0.05) is 18.2 Å². The highest BCUT2D eigenvalue weighted by Gasteiger charge is 2.34. The van der Waals surface area contributed by atoms with Crippen molar-refractivity contribution in [2.45, 2.75) is 32.1 Å². The van der Waals surface area contributed by atoms with E-state index in [9.17, 15) is 4.79 Å². The number of hydrogen-bond donors (Lipinski definition) is 1. The van der Waals surface area contributed by atoms with E-state index in [0.717, 1.165) is 75.8 Å². The summed E-state index contributed by atoms with van der Waals surface area (Å²) >= 11 is 0. The van der Waals surface area contributed by atoms with Gasteiger partial charge >= 0.3 is 0 Å². The number of fused-ring (bicyclic) bond motifs is 2. The van der Waals surface area contributed by atoms with Crippen LogP contribution in [0.3, 0.4) is 0 Å². The molecule has 5 rings (SSSR count). The molecule has 1 amide bonds. The van der Waals surface area contributed by atoms with Crippen molar-refractivity contribution in [1.82, 2.24) is 20.0 Å². The molecule has 2 aliphatic heterocycles. The van der Waals surface area contributed by atoms with Crippen LogP contribution in [0.1, 0.15) is 41.0 Å². The highest BCUT2D eigenvalue weighted by Crippen LogP contribution is 2.31. The fraction of sp³-hybridized carbons (Fsp3) is 0.524. The molecule has 0 radical (unpaired) electrons.